The third-order valence-electron chi connectivity index (χ3n) is 4.42. The van der Waals surface area contributed by atoms with E-state index in [0.29, 0.717) is 11.4 Å². The lowest BCUT2D eigenvalue weighted by molar-refractivity contribution is -0.127. The minimum Gasteiger partial charge on any atom is -0.493 e. The summed E-state index contributed by atoms with van der Waals surface area (Å²) in [6.07, 6.45) is 1.70. The molecule has 0 radical (unpaired) electrons. The molecule has 30 heavy (non-hydrogen) atoms. The summed E-state index contributed by atoms with van der Waals surface area (Å²) in [5, 5.41) is 2.50. The molecule has 9 heteroatoms. The van der Waals surface area contributed by atoms with Gasteiger partial charge in [-0.25, -0.2) is 0 Å². The van der Waals surface area contributed by atoms with Gasteiger partial charge in [-0.15, -0.1) is 0 Å². The van der Waals surface area contributed by atoms with Crippen LogP contribution in [0.3, 0.4) is 0 Å². The predicted octanol–water partition coefficient (Wildman–Crippen LogP) is 2.85. The first kappa shape index (κ1) is 21.1. The van der Waals surface area contributed by atoms with Crippen LogP contribution in [-0.2, 0) is 9.59 Å². The number of alkyl halides is 2. The molecule has 3 rings (SSSR count). The zero-order valence-electron chi connectivity index (χ0n) is 16.3. The number of fused-ring (bicyclic) bond motifs is 1. The monoisotopic (exact) mass is 418 g/mol. The number of likely N-dealkylation sites (N-methyl/N-ethyl adjacent to an activating group) is 1. The van der Waals surface area contributed by atoms with Gasteiger partial charge in [0.15, 0.2) is 17.6 Å². The number of halogens is 2. The molecule has 1 aliphatic heterocycles. The number of amides is 2. The summed E-state index contributed by atoms with van der Waals surface area (Å²) >= 11 is 0. The summed E-state index contributed by atoms with van der Waals surface area (Å²) in [6.45, 7) is -3.05. The van der Waals surface area contributed by atoms with Crippen LogP contribution in [0.4, 0.5) is 14.5 Å². The van der Waals surface area contributed by atoms with Gasteiger partial charge < -0.3 is 24.4 Å². The third-order valence-corrected chi connectivity index (χ3v) is 4.42. The van der Waals surface area contributed by atoms with E-state index in [9.17, 15) is 18.4 Å². The van der Waals surface area contributed by atoms with Gasteiger partial charge in [0.05, 0.1) is 19.3 Å². The van der Waals surface area contributed by atoms with Gasteiger partial charge in [-0.1, -0.05) is 24.3 Å². The normalized spacial score (nSPS) is 15.5. The van der Waals surface area contributed by atoms with Gasteiger partial charge in [0, 0.05) is 18.7 Å². The maximum absolute atomic E-state index is 12.9. The van der Waals surface area contributed by atoms with Gasteiger partial charge in [-0.05, 0) is 24.3 Å². The Labute approximate surface area is 171 Å². The van der Waals surface area contributed by atoms with Gasteiger partial charge in [-0.3, -0.25) is 9.59 Å². The lowest BCUT2D eigenvalue weighted by Gasteiger charge is -2.33. The summed E-state index contributed by atoms with van der Waals surface area (Å²) < 4.78 is 40.9. The van der Waals surface area contributed by atoms with Crippen molar-refractivity contribution < 1.29 is 32.6 Å². The maximum atomic E-state index is 12.9. The highest BCUT2D eigenvalue weighted by Gasteiger charge is 2.32. The Hall–Kier alpha value is -3.62. The molecule has 7 nitrogen and oxygen atoms in total. The predicted molar refractivity (Wildman–Crippen MR) is 106 cm³/mol. The number of benzene rings is 2. The molecule has 2 amide bonds. The number of anilines is 1. The number of carbonyl (C=O) groups excluding carboxylic acids is 2. The largest absolute Gasteiger partial charge is 0.493 e. The molecule has 0 spiro atoms. The van der Waals surface area contributed by atoms with Crippen molar-refractivity contribution >= 4 is 23.6 Å². The first-order valence-electron chi connectivity index (χ1n) is 9.03. The minimum atomic E-state index is -3.05. The first-order chi connectivity index (χ1) is 14.4. The minimum absolute atomic E-state index is 0.00162. The number of para-hydroxylation sites is 3. The Balaban J connectivity index is 1.90. The molecular weight excluding hydrogens is 398 g/mol. The van der Waals surface area contributed by atoms with E-state index in [0.717, 1.165) is 0 Å². The van der Waals surface area contributed by atoms with Crippen molar-refractivity contribution in [3.8, 4) is 17.2 Å². The average molecular weight is 418 g/mol. The van der Waals surface area contributed by atoms with Crippen molar-refractivity contribution in [3.63, 3.8) is 0 Å². The van der Waals surface area contributed by atoms with Crippen LogP contribution in [0.5, 0.6) is 17.2 Å². The molecule has 2 aromatic carbocycles. The molecule has 0 aromatic heterocycles. The van der Waals surface area contributed by atoms with Gasteiger partial charge in [0.1, 0.15) is 5.75 Å². The summed E-state index contributed by atoms with van der Waals surface area (Å²) in [5.41, 5.74) is 0.745. The van der Waals surface area contributed by atoms with E-state index in [-0.39, 0.29) is 29.5 Å². The average Bonchev–Trinajstić information content (AvgIpc) is 2.76. The second-order valence-corrected chi connectivity index (χ2v) is 6.23. The van der Waals surface area contributed by atoms with Crippen LogP contribution in [0.2, 0.25) is 0 Å². The van der Waals surface area contributed by atoms with Crippen LogP contribution in [-0.4, -0.2) is 45.2 Å². The van der Waals surface area contributed by atoms with Crippen molar-refractivity contribution in [2.75, 3.05) is 25.6 Å². The Morgan fingerprint density at radius 1 is 1.23 bits per heavy atom. The summed E-state index contributed by atoms with van der Waals surface area (Å²) in [6, 6.07) is 11.4. The van der Waals surface area contributed by atoms with E-state index in [1.54, 1.807) is 30.3 Å². The van der Waals surface area contributed by atoms with Crippen molar-refractivity contribution in [2.24, 2.45) is 0 Å². The first-order valence-corrected chi connectivity index (χ1v) is 9.03. The van der Waals surface area contributed by atoms with Crippen molar-refractivity contribution in [2.45, 2.75) is 12.7 Å². The fraction of sp³-hybridized carbons (Fsp3) is 0.238. The van der Waals surface area contributed by atoms with E-state index < -0.39 is 18.6 Å². The zero-order valence-corrected chi connectivity index (χ0v) is 16.3. The van der Waals surface area contributed by atoms with Crippen LogP contribution in [0.25, 0.3) is 6.08 Å². The summed E-state index contributed by atoms with van der Waals surface area (Å²) in [5.74, 6) is -0.495. The fourth-order valence-corrected chi connectivity index (χ4v) is 3.03. The molecule has 1 heterocycles. The van der Waals surface area contributed by atoms with Crippen molar-refractivity contribution in [1.29, 1.82) is 0 Å². The number of methoxy groups -OCH3 is 1. The molecule has 1 aliphatic rings. The molecule has 1 atom stereocenters. The topological polar surface area (TPSA) is 77.1 Å². The third kappa shape index (κ3) is 4.51. The maximum Gasteiger partial charge on any atom is 0.387 e. The van der Waals surface area contributed by atoms with Crippen LogP contribution < -0.4 is 24.4 Å². The Bertz CT molecular complexity index is 964. The standard InChI is InChI=1S/C21H20F2N2O5/c1-24-20(27)17-12-25(14-7-3-4-8-15(14)29-17)18(26)11-10-13-6-5-9-16(28-2)19(13)30-21(22)23/h3-11,17,21H,12H2,1-2H3,(H,24,27). The van der Waals surface area contributed by atoms with Gasteiger partial charge in [0.2, 0.25) is 0 Å². The quantitative estimate of drug-likeness (QED) is 0.730. The van der Waals surface area contributed by atoms with E-state index in [1.807, 2.05) is 0 Å². The molecule has 0 aliphatic carbocycles. The van der Waals surface area contributed by atoms with E-state index in [4.69, 9.17) is 9.47 Å². The smallest absolute Gasteiger partial charge is 0.387 e. The van der Waals surface area contributed by atoms with Crippen molar-refractivity contribution in [3.05, 3.63) is 54.1 Å². The zero-order chi connectivity index (χ0) is 21.7. The number of hydrogen-bond acceptors (Lipinski definition) is 5. The lowest BCUT2D eigenvalue weighted by Crippen LogP contribution is -2.49. The highest BCUT2D eigenvalue weighted by molar-refractivity contribution is 6.06. The molecule has 1 N–H and O–H groups in total. The van der Waals surface area contributed by atoms with Crippen molar-refractivity contribution in [1.82, 2.24) is 5.32 Å². The van der Waals surface area contributed by atoms with Crippen LogP contribution >= 0.6 is 0 Å². The second kappa shape index (κ2) is 9.25. The molecule has 0 fully saturated rings. The fourth-order valence-electron chi connectivity index (χ4n) is 3.03. The number of carbonyl (C=O) groups is 2. The lowest BCUT2D eigenvalue weighted by atomic mass is 10.1. The number of ether oxygens (including phenoxy) is 3. The van der Waals surface area contributed by atoms with Crippen LogP contribution in [0, 0.1) is 0 Å². The highest BCUT2D eigenvalue weighted by Crippen LogP contribution is 2.35. The Morgan fingerprint density at radius 2 is 2.00 bits per heavy atom. The highest BCUT2D eigenvalue weighted by atomic mass is 19.3. The van der Waals surface area contributed by atoms with E-state index >= 15 is 0 Å². The summed E-state index contributed by atoms with van der Waals surface area (Å²) in [7, 11) is 2.81. The van der Waals surface area contributed by atoms with E-state index in [1.165, 1.54) is 43.3 Å². The summed E-state index contributed by atoms with van der Waals surface area (Å²) in [4.78, 5) is 26.4. The Kier molecular flexibility index (Phi) is 6.51. The molecule has 2 aromatic rings. The van der Waals surface area contributed by atoms with Gasteiger partial charge in [0.25, 0.3) is 11.8 Å². The van der Waals surface area contributed by atoms with Gasteiger partial charge in [-0.2, -0.15) is 8.78 Å². The molecule has 158 valence electrons. The number of hydrogen-bond donors (Lipinski definition) is 1. The Morgan fingerprint density at radius 3 is 2.70 bits per heavy atom. The molecular formula is C21H20F2N2O5. The number of nitrogens with one attached hydrogen (secondary N) is 1. The molecule has 0 saturated heterocycles. The molecule has 0 bridgehead atoms. The van der Waals surface area contributed by atoms with Crippen LogP contribution in [0.15, 0.2) is 48.5 Å². The number of rotatable bonds is 6. The van der Waals surface area contributed by atoms with Crippen LogP contribution in [0.1, 0.15) is 5.56 Å². The number of nitrogens with zero attached hydrogens (tertiary/aromatic N) is 1. The van der Waals surface area contributed by atoms with E-state index in [2.05, 4.69) is 10.1 Å². The molecule has 0 saturated carbocycles. The second-order valence-electron chi connectivity index (χ2n) is 6.23. The molecule has 1 unspecified atom stereocenters. The van der Waals surface area contributed by atoms with Gasteiger partial charge >= 0.3 is 6.61 Å². The SMILES string of the molecule is CNC(=O)C1CN(C(=O)C=Cc2cccc(OC)c2OC(F)F)c2ccccc2O1.